The number of aryl methyl sites for hydroxylation is 3. The van der Waals surface area contributed by atoms with Gasteiger partial charge in [0.25, 0.3) is 5.91 Å². The van der Waals surface area contributed by atoms with Gasteiger partial charge >= 0.3 is 0 Å². The SMILES string of the molecule is Cc1nc([C@@H](C)NC(=O)c2c(Cl)c(C)nn2C)cs1. The van der Waals surface area contributed by atoms with Crippen LogP contribution in [0.2, 0.25) is 5.02 Å². The van der Waals surface area contributed by atoms with Crippen molar-refractivity contribution < 1.29 is 4.79 Å². The number of carbonyl (C=O) groups is 1. The van der Waals surface area contributed by atoms with E-state index in [1.807, 2.05) is 19.2 Å². The fourth-order valence-corrected chi connectivity index (χ4v) is 2.75. The predicted molar refractivity (Wildman–Crippen MR) is 75.7 cm³/mol. The van der Waals surface area contributed by atoms with E-state index in [4.69, 9.17) is 11.6 Å². The van der Waals surface area contributed by atoms with Crippen LogP contribution in [0.1, 0.15) is 39.8 Å². The lowest BCUT2D eigenvalue weighted by Crippen LogP contribution is -2.28. The summed E-state index contributed by atoms with van der Waals surface area (Å²) in [5.41, 5.74) is 1.87. The van der Waals surface area contributed by atoms with Crippen LogP contribution in [0, 0.1) is 13.8 Å². The molecule has 7 heteroatoms. The minimum absolute atomic E-state index is 0.163. The Morgan fingerprint density at radius 2 is 2.21 bits per heavy atom. The highest BCUT2D eigenvalue weighted by Gasteiger charge is 2.21. The molecule has 2 heterocycles. The largest absolute Gasteiger partial charge is 0.343 e. The summed E-state index contributed by atoms with van der Waals surface area (Å²) in [5, 5.41) is 10.3. The van der Waals surface area contributed by atoms with E-state index in [0.29, 0.717) is 16.4 Å². The number of nitrogens with one attached hydrogen (secondary N) is 1. The van der Waals surface area contributed by atoms with E-state index in [-0.39, 0.29) is 11.9 Å². The zero-order valence-corrected chi connectivity index (χ0v) is 12.8. The predicted octanol–water partition coefficient (Wildman–Crippen LogP) is 2.64. The molecule has 0 bridgehead atoms. The highest BCUT2D eigenvalue weighted by Crippen LogP contribution is 2.21. The molecule has 0 radical (unpaired) electrons. The van der Waals surface area contributed by atoms with Gasteiger partial charge in [0.1, 0.15) is 5.69 Å². The Bertz CT molecular complexity index is 619. The van der Waals surface area contributed by atoms with Crippen LogP contribution in [-0.4, -0.2) is 20.7 Å². The number of halogens is 1. The summed E-state index contributed by atoms with van der Waals surface area (Å²) in [6.45, 7) is 5.60. The Labute approximate surface area is 120 Å². The number of nitrogens with zero attached hydrogens (tertiary/aromatic N) is 3. The second-order valence-electron chi connectivity index (χ2n) is 4.36. The van der Waals surface area contributed by atoms with Crippen LogP contribution in [0.15, 0.2) is 5.38 Å². The summed E-state index contributed by atoms with van der Waals surface area (Å²) in [4.78, 5) is 16.6. The van der Waals surface area contributed by atoms with Crippen LogP contribution in [0.4, 0.5) is 0 Å². The van der Waals surface area contributed by atoms with Gasteiger partial charge in [0.05, 0.1) is 27.5 Å². The molecule has 0 saturated heterocycles. The van der Waals surface area contributed by atoms with Crippen molar-refractivity contribution >= 4 is 28.8 Å². The third-order valence-corrected chi connectivity index (χ3v) is 4.04. The van der Waals surface area contributed by atoms with Gasteiger partial charge in [0, 0.05) is 12.4 Å². The Balaban J connectivity index is 2.17. The zero-order chi connectivity index (χ0) is 14.2. The van der Waals surface area contributed by atoms with Crippen LogP contribution < -0.4 is 5.32 Å². The number of amides is 1. The van der Waals surface area contributed by atoms with Crippen molar-refractivity contribution in [2.45, 2.75) is 26.8 Å². The molecular formula is C12H15ClN4OS. The van der Waals surface area contributed by atoms with Crippen molar-refractivity contribution in [3.63, 3.8) is 0 Å². The molecule has 102 valence electrons. The molecule has 2 aromatic rings. The van der Waals surface area contributed by atoms with Crippen molar-refractivity contribution in [1.29, 1.82) is 0 Å². The van der Waals surface area contributed by atoms with Gasteiger partial charge in [-0.25, -0.2) is 4.98 Å². The minimum atomic E-state index is -0.244. The summed E-state index contributed by atoms with van der Waals surface area (Å²) in [6.07, 6.45) is 0. The summed E-state index contributed by atoms with van der Waals surface area (Å²) >= 11 is 7.64. The van der Waals surface area contributed by atoms with Crippen LogP contribution in [0.3, 0.4) is 0 Å². The number of carbonyl (C=O) groups excluding carboxylic acids is 1. The van der Waals surface area contributed by atoms with Crippen molar-refractivity contribution in [2.24, 2.45) is 7.05 Å². The molecule has 0 spiro atoms. The van der Waals surface area contributed by atoms with Crippen molar-refractivity contribution in [3.8, 4) is 0 Å². The maximum Gasteiger partial charge on any atom is 0.271 e. The minimum Gasteiger partial charge on any atom is -0.343 e. The van der Waals surface area contributed by atoms with E-state index >= 15 is 0 Å². The van der Waals surface area contributed by atoms with Gasteiger partial charge in [-0.05, 0) is 20.8 Å². The lowest BCUT2D eigenvalue weighted by atomic mass is 10.2. The summed E-state index contributed by atoms with van der Waals surface area (Å²) in [5.74, 6) is -0.244. The lowest BCUT2D eigenvalue weighted by molar-refractivity contribution is 0.0930. The molecule has 0 unspecified atom stereocenters. The second-order valence-corrected chi connectivity index (χ2v) is 5.80. The molecule has 0 aliphatic carbocycles. The summed E-state index contributed by atoms with van der Waals surface area (Å²) in [6, 6.07) is -0.163. The molecule has 2 aromatic heterocycles. The Kier molecular flexibility index (Phi) is 3.91. The number of thiazole rings is 1. The Morgan fingerprint density at radius 1 is 1.53 bits per heavy atom. The fourth-order valence-electron chi connectivity index (χ4n) is 1.80. The monoisotopic (exact) mass is 298 g/mol. The molecule has 1 N–H and O–H groups in total. The van der Waals surface area contributed by atoms with Gasteiger partial charge < -0.3 is 5.32 Å². The standard InChI is InChI=1S/C12H15ClN4OS/c1-6(9-5-19-8(3)15-9)14-12(18)11-10(13)7(2)16-17(11)4/h5-6H,1-4H3,(H,14,18)/t6-/m1/s1. The molecular weight excluding hydrogens is 284 g/mol. The molecule has 0 aromatic carbocycles. The smallest absolute Gasteiger partial charge is 0.271 e. The first-order valence-electron chi connectivity index (χ1n) is 5.82. The van der Waals surface area contributed by atoms with Crippen LogP contribution in [-0.2, 0) is 7.05 Å². The van der Waals surface area contributed by atoms with Gasteiger partial charge in [-0.2, -0.15) is 5.10 Å². The van der Waals surface area contributed by atoms with Gasteiger partial charge in [0.15, 0.2) is 0 Å². The molecule has 2 rings (SSSR count). The summed E-state index contributed by atoms with van der Waals surface area (Å²) in [7, 11) is 1.70. The van der Waals surface area contributed by atoms with E-state index < -0.39 is 0 Å². The number of rotatable bonds is 3. The first kappa shape index (κ1) is 14.0. The first-order valence-corrected chi connectivity index (χ1v) is 7.08. The maximum atomic E-state index is 12.2. The molecule has 0 aliphatic rings. The Hall–Kier alpha value is -1.40. The van der Waals surface area contributed by atoms with Crippen LogP contribution >= 0.6 is 22.9 Å². The van der Waals surface area contributed by atoms with Gasteiger partial charge in [-0.15, -0.1) is 11.3 Å². The average Bonchev–Trinajstić information content (AvgIpc) is 2.84. The van der Waals surface area contributed by atoms with Gasteiger partial charge in [-0.1, -0.05) is 11.6 Å². The number of aromatic nitrogens is 3. The summed E-state index contributed by atoms with van der Waals surface area (Å²) < 4.78 is 1.49. The Morgan fingerprint density at radius 3 is 2.68 bits per heavy atom. The normalized spacial score (nSPS) is 12.5. The first-order chi connectivity index (χ1) is 8.90. The van der Waals surface area contributed by atoms with Gasteiger partial charge in [0.2, 0.25) is 0 Å². The van der Waals surface area contributed by atoms with Crippen LogP contribution in [0.5, 0.6) is 0 Å². The highest BCUT2D eigenvalue weighted by atomic mass is 35.5. The van der Waals surface area contributed by atoms with E-state index in [1.54, 1.807) is 25.3 Å². The molecule has 0 fully saturated rings. The topological polar surface area (TPSA) is 59.8 Å². The molecule has 5 nitrogen and oxygen atoms in total. The average molecular weight is 299 g/mol. The molecule has 19 heavy (non-hydrogen) atoms. The number of hydrogen-bond acceptors (Lipinski definition) is 4. The van der Waals surface area contributed by atoms with E-state index in [0.717, 1.165) is 10.7 Å². The maximum absolute atomic E-state index is 12.2. The number of hydrogen-bond donors (Lipinski definition) is 1. The fraction of sp³-hybridized carbons (Fsp3) is 0.417. The van der Waals surface area contributed by atoms with Crippen molar-refractivity contribution in [3.05, 3.63) is 32.5 Å². The quantitative estimate of drug-likeness (QED) is 0.947. The lowest BCUT2D eigenvalue weighted by Gasteiger charge is -2.11. The van der Waals surface area contributed by atoms with E-state index in [2.05, 4.69) is 15.4 Å². The van der Waals surface area contributed by atoms with E-state index in [1.165, 1.54) is 4.68 Å². The molecule has 0 saturated carbocycles. The third-order valence-electron chi connectivity index (χ3n) is 2.79. The van der Waals surface area contributed by atoms with Crippen molar-refractivity contribution in [2.75, 3.05) is 0 Å². The molecule has 1 amide bonds. The van der Waals surface area contributed by atoms with E-state index in [9.17, 15) is 4.79 Å². The van der Waals surface area contributed by atoms with Crippen molar-refractivity contribution in [1.82, 2.24) is 20.1 Å². The van der Waals surface area contributed by atoms with Gasteiger partial charge in [-0.3, -0.25) is 9.48 Å². The third kappa shape index (κ3) is 2.79. The molecule has 1 atom stereocenters. The molecule has 0 aliphatic heterocycles. The second kappa shape index (κ2) is 5.30. The zero-order valence-electron chi connectivity index (χ0n) is 11.2. The van der Waals surface area contributed by atoms with Crippen LogP contribution in [0.25, 0.3) is 0 Å². The highest BCUT2D eigenvalue weighted by molar-refractivity contribution is 7.09.